The number of carbonyl (C=O) groups is 1. The molecule has 0 bridgehead atoms. The first-order valence-electron chi connectivity index (χ1n) is 9.96. The van der Waals surface area contributed by atoms with Crippen molar-refractivity contribution in [1.29, 1.82) is 0 Å². The van der Waals surface area contributed by atoms with E-state index in [-0.39, 0.29) is 5.69 Å². The summed E-state index contributed by atoms with van der Waals surface area (Å²) in [7, 11) is 0. The van der Waals surface area contributed by atoms with Crippen LogP contribution in [-0.4, -0.2) is 6.03 Å². The molecule has 1 aliphatic carbocycles. The third kappa shape index (κ3) is 4.87. The monoisotopic (exact) mass is 428 g/mol. The first kappa shape index (κ1) is 20.9. The molecule has 0 radical (unpaired) electrons. The Morgan fingerprint density at radius 2 is 1.45 bits per heavy atom. The third-order valence-corrected chi connectivity index (χ3v) is 5.33. The Balaban J connectivity index is 1.49. The normalized spacial score (nSPS) is 13.4. The van der Waals surface area contributed by atoms with E-state index < -0.39 is 23.6 Å². The molecule has 0 atom stereocenters. The molecule has 0 heterocycles. The van der Waals surface area contributed by atoms with Gasteiger partial charge in [0.1, 0.15) is 5.82 Å². The lowest BCUT2D eigenvalue weighted by atomic mass is 9.89. The van der Waals surface area contributed by atoms with Crippen molar-refractivity contribution in [3.8, 4) is 11.1 Å². The maximum atomic E-state index is 13.4. The van der Waals surface area contributed by atoms with E-state index in [1.54, 1.807) is 18.2 Å². The second-order valence-corrected chi connectivity index (χ2v) is 7.54. The number of hydrogen-bond acceptors (Lipinski definition) is 1. The third-order valence-electron chi connectivity index (χ3n) is 5.33. The number of halogens is 4. The topological polar surface area (TPSA) is 41.1 Å². The highest BCUT2D eigenvalue weighted by Crippen LogP contribution is 2.33. The van der Waals surface area contributed by atoms with E-state index in [4.69, 9.17) is 0 Å². The standard InChI is InChI=1S/C24H20F4N2O/c25-22-11-10-20(14-21(22)24(26,27)28)30-23(31)29-19-7-3-6-17(13-19)18-9-8-15-4-1-2-5-16(15)12-18/h3,6-14H,1-2,4-5H2,(H2,29,30,31). The van der Waals surface area contributed by atoms with Crippen molar-refractivity contribution in [3.05, 3.63) is 83.2 Å². The molecule has 3 nitrogen and oxygen atoms in total. The molecule has 0 unspecified atom stereocenters. The number of hydrogen-bond donors (Lipinski definition) is 2. The van der Waals surface area contributed by atoms with Crippen molar-refractivity contribution in [2.24, 2.45) is 0 Å². The minimum atomic E-state index is -4.85. The van der Waals surface area contributed by atoms with E-state index in [1.807, 2.05) is 6.07 Å². The van der Waals surface area contributed by atoms with E-state index in [0.29, 0.717) is 17.8 Å². The van der Waals surface area contributed by atoms with Crippen LogP contribution in [0.4, 0.5) is 33.7 Å². The molecule has 31 heavy (non-hydrogen) atoms. The number of rotatable bonds is 3. The summed E-state index contributed by atoms with van der Waals surface area (Å²) in [5.41, 5.74) is 3.59. The second-order valence-electron chi connectivity index (χ2n) is 7.54. The lowest BCUT2D eigenvalue weighted by Gasteiger charge is -2.17. The van der Waals surface area contributed by atoms with Gasteiger partial charge in [-0.25, -0.2) is 9.18 Å². The Bertz CT molecular complexity index is 1120. The van der Waals surface area contributed by atoms with Crippen LogP contribution in [0.25, 0.3) is 11.1 Å². The predicted molar refractivity (Wildman–Crippen MR) is 113 cm³/mol. The van der Waals surface area contributed by atoms with Gasteiger partial charge < -0.3 is 10.6 Å². The summed E-state index contributed by atoms with van der Waals surface area (Å²) in [6, 6.07) is 15.2. The molecule has 3 aromatic rings. The minimum absolute atomic E-state index is 0.155. The maximum Gasteiger partial charge on any atom is 0.419 e. The fourth-order valence-electron chi connectivity index (χ4n) is 3.80. The number of urea groups is 1. The fourth-order valence-corrected chi connectivity index (χ4v) is 3.80. The van der Waals surface area contributed by atoms with E-state index in [1.165, 1.54) is 24.0 Å². The Kier molecular flexibility index (Phi) is 5.67. The highest BCUT2D eigenvalue weighted by atomic mass is 19.4. The summed E-state index contributed by atoms with van der Waals surface area (Å²) >= 11 is 0. The average molecular weight is 428 g/mol. The van der Waals surface area contributed by atoms with Crippen LogP contribution in [0.15, 0.2) is 60.7 Å². The fraction of sp³-hybridized carbons (Fsp3) is 0.208. The number of anilines is 2. The Labute approximate surface area is 177 Å². The Morgan fingerprint density at radius 3 is 2.19 bits per heavy atom. The minimum Gasteiger partial charge on any atom is -0.308 e. The highest BCUT2D eigenvalue weighted by Gasteiger charge is 2.34. The summed E-state index contributed by atoms with van der Waals surface area (Å²) in [6.45, 7) is 0. The molecule has 2 amide bonds. The molecular formula is C24H20F4N2O. The lowest BCUT2D eigenvalue weighted by molar-refractivity contribution is -0.139. The van der Waals surface area contributed by atoms with E-state index in [9.17, 15) is 22.4 Å². The van der Waals surface area contributed by atoms with Gasteiger partial charge in [-0.15, -0.1) is 0 Å². The van der Waals surface area contributed by atoms with Gasteiger partial charge in [0.05, 0.1) is 5.56 Å². The molecule has 7 heteroatoms. The van der Waals surface area contributed by atoms with Crippen LogP contribution in [0.3, 0.4) is 0 Å². The summed E-state index contributed by atoms with van der Waals surface area (Å²) in [6.07, 6.45) is -0.309. The summed E-state index contributed by atoms with van der Waals surface area (Å²) in [4.78, 5) is 12.3. The van der Waals surface area contributed by atoms with E-state index in [2.05, 4.69) is 28.8 Å². The van der Waals surface area contributed by atoms with Gasteiger partial charge in [-0.2, -0.15) is 13.2 Å². The molecule has 0 saturated carbocycles. The number of fused-ring (bicyclic) bond motifs is 1. The van der Waals surface area contributed by atoms with Gasteiger partial charge in [0.2, 0.25) is 0 Å². The van der Waals surface area contributed by atoms with Crippen molar-refractivity contribution < 1.29 is 22.4 Å². The number of alkyl halides is 3. The summed E-state index contributed by atoms with van der Waals surface area (Å²) in [5.74, 6) is -1.39. The molecular weight excluding hydrogens is 408 g/mol. The van der Waals surface area contributed by atoms with Crippen molar-refractivity contribution in [2.45, 2.75) is 31.9 Å². The molecule has 0 spiro atoms. The molecule has 3 aromatic carbocycles. The Hall–Kier alpha value is -3.35. The smallest absolute Gasteiger partial charge is 0.308 e. The summed E-state index contributed by atoms with van der Waals surface area (Å²) in [5, 5.41) is 4.92. The van der Waals surface area contributed by atoms with Crippen molar-refractivity contribution in [3.63, 3.8) is 0 Å². The van der Waals surface area contributed by atoms with Crippen molar-refractivity contribution >= 4 is 17.4 Å². The predicted octanol–water partition coefficient (Wildman–Crippen LogP) is 7.03. The van der Waals surface area contributed by atoms with Crippen molar-refractivity contribution in [1.82, 2.24) is 0 Å². The van der Waals surface area contributed by atoms with Crippen LogP contribution in [0, 0.1) is 5.82 Å². The van der Waals surface area contributed by atoms with Crippen molar-refractivity contribution in [2.75, 3.05) is 10.6 Å². The van der Waals surface area contributed by atoms with Gasteiger partial charge in [-0.3, -0.25) is 0 Å². The van der Waals surface area contributed by atoms with Gasteiger partial charge in [0.25, 0.3) is 0 Å². The van der Waals surface area contributed by atoms with Gasteiger partial charge in [0.15, 0.2) is 0 Å². The zero-order valence-corrected chi connectivity index (χ0v) is 16.5. The van der Waals surface area contributed by atoms with E-state index >= 15 is 0 Å². The first-order chi connectivity index (χ1) is 14.8. The van der Waals surface area contributed by atoms with Crippen LogP contribution in [0.2, 0.25) is 0 Å². The molecule has 0 aromatic heterocycles. The van der Waals surface area contributed by atoms with E-state index in [0.717, 1.165) is 30.0 Å². The molecule has 0 fully saturated rings. The molecule has 0 aliphatic heterocycles. The molecule has 0 saturated heterocycles. The number of benzene rings is 3. The zero-order valence-electron chi connectivity index (χ0n) is 16.5. The van der Waals surface area contributed by atoms with Crippen LogP contribution < -0.4 is 10.6 Å². The van der Waals surface area contributed by atoms with Crippen LogP contribution >= 0.6 is 0 Å². The van der Waals surface area contributed by atoms with Gasteiger partial charge in [-0.1, -0.05) is 30.3 Å². The molecule has 4 rings (SSSR count). The lowest BCUT2D eigenvalue weighted by Crippen LogP contribution is -2.20. The molecule has 160 valence electrons. The number of nitrogens with one attached hydrogen (secondary N) is 2. The quantitative estimate of drug-likeness (QED) is 0.432. The average Bonchev–Trinajstić information content (AvgIpc) is 2.74. The first-order valence-corrected chi connectivity index (χ1v) is 9.96. The summed E-state index contributed by atoms with van der Waals surface area (Å²) < 4.78 is 52.0. The van der Waals surface area contributed by atoms with Crippen LogP contribution in [0.1, 0.15) is 29.5 Å². The second kappa shape index (κ2) is 8.41. The Morgan fingerprint density at radius 1 is 0.774 bits per heavy atom. The van der Waals surface area contributed by atoms with Gasteiger partial charge in [0, 0.05) is 11.4 Å². The van der Waals surface area contributed by atoms with Gasteiger partial charge >= 0.3 is 12.2 Å². The SMILES string of the molecule is O=C(Nc1cccc(-c2ccc3c(c2)CCCC3)c1)Nc1ccc(F)c(C(F)(F)F)c1. The van der Waals surface area contributed by atoms with Crippen LogP contribution in [0.5, 0.6) is 0 Å². The number of carbonyl (C=O) groups excluding carboxylic acids is 1. The number of aryl methyl sites for hydroxylation is 2. The molecule has 1 aliphatic rings. The maximum absolute atomic E-state index is 13.4. The number of amides is 2. The highest BCUT2D eigenvalue weighted by molar-refractivity contribution is 6.00. The largest absolute Gasteiger partial charge is 0.419 e. The van der Waals surface area contributed by atoms with Crippen LogP contribution in [-0.2, 0) is 19.0 Å². The molecule has 2 N–H and O–H groups in total. The van der Waals surface area contributed by atoms with Gasteiger partial charge in [-0.05, 0) is 78.3 Å². The zero-order chi connectivity index (χ0) is 22.0.